The maximum Gasteiger partial charge on any atom is 0.0944 e. The van der Waals surface area contributed by atoms with E-state index in [-0.39, 0.29) is 6.04 Å². The molecule has 2 aromatic heterocycles. The van der Waals surface area contributed by atoms with Crippen LogP contribution in [-0.2, 0) is 6.42 Å². The number of thiazole rings is 1. The number of nitrogens with zero attached hydrogens (tertiary/aromatic N) is 1. The van der Waals surface area contributed by atoms with Crippen molar-refractivity contribution in [1.29, 1.82) is 0 Å². The fraction of sp³-hybridized carbons (Fsp3) is 0.222. The van der Waals surface area contributed by atoms with E-state index in [1.807, 2.05) is 11.6 Å². The first-order valence-electron chi connectivity index (χ1n) is 4.26. The van der Waals surface area contributed by atoms with Gasteiger partial charge in [-0.15, -0.1) is 11.3 Å². The molecule has 5 heteroatoms. The third kappa shape index (κ3) is 2.19. The minimum Gasteiger partial charge on any atom is -0.271 e. The number of thiophene rings is 1. The maximum absolute atomic E-state index is 5.51. The number of hydrazine groups is 1. The van der Waals surface area contributed by atoms with Crippen molar-refractivity contribution < 1.29 is 0 Å². The van der Waals surface area contributed by atoms with Crippen molar-refractivity contribution in [3.63, 3.8) is 0 Å². The summed E-state index contributed by atoms with van der Waals surface area (Å²) in [5, 5.41) is 7.26. The highest BCUT2D eigenvalue weighted by Crippen LogP contribution is 2.20. The van der Waals surface area contributed by atoms with E-state index in [1.54, 1.807) is 22.7 Å². The van der Waals surface area contributed by atoms with Crippen molar-refractivity contribution in [3.05, 3.63) is 39.0 Å². The van der Waals surface area contributed by atoms with Gasteiger partial charge in [0.1, 0.15) is 0 Å². The lowest BCUT2D eigenvalue weighted by atomic mass is 10.1. The molecule has 2 aromatic rings. The molecule has 0 bridgehead atoms. The Morgan fingerprint density at radius 3 is 3.00 bits per heavy atom. The molecule has 3 N–H and O–H groups in total. The van der Waals surface area contributed by atoms with Gasteiger partial charge in [-0.05, 0) is 22.4 Å². The van der Waals surface area contributed by atoms with Crippen LogP contribution < -0.4 is 11.3 Å². The monoisotopic (exact) mass is 225 g/mol. The van der Waals surface area contributed by atoms with Crippen molar-refractivity contribution in [3.8, 4) is 0 Å². The highest BCUT2D eigenvalue weighted by atomic mass is 32.1. The highest BCUT2D eigenvalue weighted by molar-refractivity contribution is 7.09. The van der Waals surface area contributed by atoms with Gasteiger partial charge in [0.05, 0.1) is 11.0 Å². The molecule has 2 heterocycles. The van der Waals surface area contributed by atoms with Crippen LogP contribution in [0.25, 0.3) is 0 Å². The van der Waals surface area contributed by atoms with Crippen LogP contribution in [0.3, 0.4) is 0 Å². The minimum atomic E-state index is 0.174. The first-order valence-corrected chi connectivity index (χ1v) is 6.09. The van der Waals surface area contributed by atoms with Crippen LogP contribution in [0, 0.1) is 0 Å². The van der Waals surface area contributed by atoms with Gasteiger partial charge in [-0.25, -0.2) is 4.98 Å². The Balaban J connectivity index is 2.08. The van der Waals surface area contributed by atoms with Gasteiger partial charge >= 0.3 is 0 Å². The van der Waals surface area contributed by atoms with Gasteiger partial charge in [0, 0.05) is 18.0 Å². The van der Waals surface area contributed by atoms with E-state index in [1.165, 1.54) is 5.56 Å². The average Bonchev–Trinajstić information content (AvgIpc) is 2.86. The van der Waals surface area contributed by atoms with Gasteiger partial charge in [0.25, 0.3) is 0 Å². The minimum absolute atomic E-state index is 0.174. The van der Waals surface area contributed by atoms with Crippen molar-refractivity contribution in [1.82, 2.24) is 10.4 Å². The third-order valence-corrected chi connectivity index (χ3v) is 3.51. The van der Waals surface area contributed by atoms with Crippen molar-refractivity contribution >= 4 is 22.7 Å². The molecule has 74 valence electrons. The summed E-state index contributed by atoms with van der Waals surface area (Å²) < 4.78 is 0. The Morgan fingerprint density at radius 2 is 2.43 bits per heavy atom. The first kappa shape index (κ1) is 9.79. The largest absolute Gasteiger partial charge is 0.271 e. The van der Waals surface area contributed by atoms with Gasteiger partial charge in [-0.3, -0.25) is 11.3 Å². The van der Waals surface area contributed by atoms with Gasteiger partial charge in [-0.2, -0.15) is 11.3 Å². The number of nitrogens with one attached hydrogen (secondary N) is 1. The van der Waals surface area contributed by atoms with Crippen LogP contribution in [0.15, 0.2) is 28.4 Å². The van der Waals surface area contributed by atoms with E-state index in [0.717, 1.165) is 11.4 Å². The van der Waals surface area contributed by atoms with Gasteiger partial charge in [0.2, 0.25) is 0 Å². The molecule has 2 rings (SSSR count). The molecule has 0 radical (unpaired) electrons. The van der Waals surface area contributed by atoms with Crippen LogP contribution in [0.2, 0.25) is 0 Å². The smallest absolute Gasteiger partial charge is 0.0944 e. The van der Waals surface area contributed by atoms with E-state index >= 15 is 0 Å². The molecule has 0 fully saturated rings. The molecule has 3 nitrogen and oxygen atoms in total. The summed E-state index contributed by atoms with van der Waals surface area (Å²) >= 11 is 3.34. The van der Waals surface area contributed by atoms with Crippen molar-refractivity contribution in [2.24, 2.45) is 5.84 Å². The lowest BCUT2D eigenvalue weighted by molar-refractivity contribution is 0.552. The summed E-state index contributed by atoms with van der Waals surface area (Å²) in [4.78, 5) is 4.24. The number of hydrogen-bond acceptors (Lipinski definition) is 5. The molecule has 1 unspecified atom stereocenters. The number of hydrogen-bond donors (Lipinski definition) is 2. The van der Waals surface area contributed by atoms with E-state index < -0.39 is 0 Å². The lowest BCUT2D eigenvalue weighted by Gasteiger charge is -2.12. The number of aromatic nitrogens is 1. The Hall–Kier alpha value is -0.750. The molecule has 0 aromatic carbocycles. The SMILES string of the molecule is NNC(Cc1nccs1)c1ccsc1. The number of nitrogens with two attached hydrogens (primary N) is 1. The third-order valence-electron chi connectivity index (χ3n) is 2.01. The molecular formula is C9H11N3S2. The second kappa shape index (κ2) is 4.65. The van der Waals surface area contributed by atoms with Crippen LogP contribution >= 0.6 is 22.7 Å². The molecule has 0 spiro atoms. The Bertz CT molecular complexity index is 355. The standard InChI is InChI=1S/C9H11N3S2/c10-12-8(7-1-3-13-6-7)5-9-11-2-4-14-9/h1-4,6,8,12H,5,10H2. The molecular weight excluding hydrogens is 214 g/mol. The second-order valence-electron chi connectivity index (χ2n) is 2.91. The maximum atomic E-state index is 5.51. The molecule has 0 saturated heterocycles. The van der Waals surface area contributed by atoms with E-state index in [0.29, 0.717) is 0 Å². The Labute approximate surface area is 90.6 Å². The highest BCUT2D eigenvalue weighted by Gasteiger charge is 2.11. The lowest BCUT2D eigenvalue weighted by Crippen LogP contribution is -2.29. The fourth-order valence-corrected chi connectivity index (χ4v) is 2.65. The van der Waals surface area contributed by atoms with Crippen LogP contribution in [0.1, 0.15) is 16.6 Å². The summed E-state index contributed by atoms with van der Waals surface area (Å²) in [6.07, 6.45) is 2.67. The normalized spacial score (nSPS) is 12.9. The molecule has 0 aliphatic rings. The Kier molecular flexibility index (Phi) is 3.26. The summed E-state index contributed by atoms with van der Waals surface area (Å²) in [6, 6.07) is 2.26. The Morgan fingerprint density at radius 1 is 1.50 bits per heavy atom. The zero-order chi connectivity index (χ0) is 9.80. The van der Waals surface area contributed by atoms with Crippen molar-refractivity contribution in [2.45, 2.75) is 12.5 Å². The molecule has 0 saturated carbocycles. The van der Waals surface area contributed by atoms with Gasteiger partial charge in [0.15, 0.2) is 0 Å². The zero-order valence-corrected chi connectivity index (χ0v) is 9.15. The molecule has 0 aliphatic carbocycles. The van der Waals surface area contributed by atoms with E-state index in [4.69, 9.17) is 5.84 Å². The quantitative estimate of drug-likeness (QED) is 0.617. The topological polar surface area (TPSA) is 50.9 Å². The average molecular weight is 225 g/mol. The fourth-order valence-electron chi connectivity index (χ4n) is 1.27. The predicted octanol–water partition coefficient (Wildman–Crippen LogP) is 1.95. The summed E-state index contributed by atoms with van der Waals surface area (Å²) in [5.41, 5.74) is 4.05. The van der Waals surface area contributed by atoms with Crippen LogP contribution in [0.4, 0.5) is 0 Å². The van der Waals surface area contributed by atoms with Crippen molar-refractivity contribution in [2.75, 3.05) is 0 Å². The van der Waals surface area contributed by atoms with Crippen LogP contribution in [-0.4, -0.2) is 4.98 Å². The predicted molar refractivity (Wildman–Crippen MR) is 60.2 cm³/mol. The van der Waals surface area contributed by atoms with Gasteiger partial charge in [-0.1, -0.05) is 0 Å². The summed E-state index contributed by atoms with van der Waals surface area (Å²) in [6.45, 7) is 0. The van der Waals surface area contributed by atoms with E-state index in [9.17, 15) is 0 Å². The van der Waals surface area contributed by atoms with Gasteiger partial charge < -0.3 is 0 Å². The summed E-state index contributed by atoms with van der Waals surface area (Å²) in [5.74, 6) is 5.51. The van der Waals surface area contributed by atoms with E-state index in [2.05, 4.69) is 27.2 Å². The molecule has 1 atom stereocenters. The van der Waals surface area contributed by atoms with Crippen LogP contribution in [0.5, 0.6) is 0 Å². The first-order chi connectivity index (χ1) is 6.90. The molecule has 0 amide bonds. The molecule has 0 aliphatic heterocycles. The summed E-state index contributed by atoms with van der Waals surface area (Å²) in [7, 11) is 0. The second-order valence-corrected chi connectivity index (χ2v) is 4.67. The molecule has 14 heavy (non-hydrogen) atoms. The zero-order valence-electron chi connectivity index (χ0n) is 7.51. The number of rotatable bonds is 4.